The summed E-state index contributed by atoms with van der Waals surface area (Å²) in [6.45, 7) is 8.81. The Labute approximate surface area is 255 Å². The zero-order chi connectivity index (χ0) is 31.5. The third-order valence-electron chi connectivity index (χ3n) is 8.87. The number of halogens is 1. The number of hydrogen-bond donors (Lipinski definition) is 3. The minimum absolute atomic E-state index is 0.0119. The summed E-state index contributed by atoms with van der Waals surface area (Å²) in [4.78, 5) is 44.7. The van der Waals surface area contributed by atoms with E-state index in [1.54, 1.807) is 39.0 Å². The summed E-state index contributed by atoms with van der Waals surface area (Å²) in [5.74, 6) is -1.35. The Bertz CT molecular complexity index is 1620. The van der Waals surface area contributed by atoms with Crippen molar-refractivity contribution in [3.05, 3.63) is 42.1 Å². The molecule has 2 saturated carbocycles. The number of ether oxygens (including phenoxy) is 2. The smallest absolute Gasteiger partial charge is 0.494 e. The molecule has 1 aromatic carbocycles. The van der Waals surface area contributed by atoms with Gasteiger partial charge in [-0.25, -0.2) is 17.9 Å². The number of nitrogens with one attached hydrogen (secondary N) is 2. The molecule has 3 N–H and O–H groups in total. The summed E-state index contributed by atoms with van der Waals surface area (Å²) >= 11 is 6.26. The summed E-state index contributed by atoms with van der Waals surface area (Å²) in [6, 6.07) is 3.97. The highest BCUT2D eigenvalue weighted by Crippen LogP contribution is 2.47. The van der Waals surface area contributed by atoms with E-state index in [2.05, 4.69) is 21.6 Å². The van der Waals surface area contributed by atoms with Gasteiger partial charge in [0.05, 0.1) is 25.0 Å². The van der Waals surface area contributed by atoms with Crippen LogP contribution in [0.15, 0.2) is 37.1 Å². The Kier molecular flexibility index (Phi) is 7.67. The Balaban J connectivity index is 1.46. The van der Waals surface area contributed by atoms with Crippen molar-refractivity contribution >= 4 is 50.3 Å². The second-order valence-corrected chi connectivity index (χ2v) is 14.9. The third-order valence-corrected chi connectivity index (χ3v) is 10.9. The Morgan fingerprint density at radius 1 is 1.23 bits per heavy atom. The number of carboxylic acid groups (broad SMARTS) is 1. The van der Waals surface area contributed by atoms with Gasteiger partial charge in [-0.05, 0) is 58.2 Å². The van der Waals surface area contributed by atoms with E-state index < -0.39 is 66.8 Å². The maximum atomic E-state index is 14.0. The van der Waals surface area contributed by atoms with Gasteiger partial charge in [0, 0.05) is 21.7 Å². The van der Waals surface area contributed by atoms with Gasteiger partial charge in [-0.1, -0.05) is 17.7 Å². The first kappa shape index (κ1) is 31.0. The number of quaternary nitrogens is 1. The van der Waals surface area contributed by atoms with E-state index in [0.29, 0.717) is 34.4 Å². The van der Waals surface area contributed by atoms with Crippen molar-refractivity contribution in [1.82, 2.24) is 15.0 Å². The van der Waals surface area contributed by atoms with E-state index >= 15 is 0 Å². The lowest BCUT2D eigenvalue weighted by atomic mass is 9.99. The molecule has 43 heavy (non-hydrogen) atoms. The summed E-state index contributed by atoms with van der Waals surface area (Å²) < 4.78 is 38.2. The predicted molar refractivity (Wildman–Crippen MR) is 158 cm³/mol. The highest BCUT2D eigenvalue weighted by atomic mass is 35.5. The van der Waals surface area contributed by atoms with Crippen LogP contribution in [0.3, 0.4) is 0 Å². The largest absolute Gasteiger partial charge is 0.514 e. The first-order valence-electron chi connectivity index (χ1n) is 14.0. The molecule has 2 aromatic rings. The number of likely N-dealkylation sites (tertiary alicyclic amines) is 1. The Morgan fingerprint density at radius 3 is 2.49 bits per heavy atom. The molecule has 2 heterocycles. The summed E-state index contributed by atoms with van der Waals surface area (Å²) in [6.07, 6.45) is 2.04. The first-order chi connectivity index (χ1) is 20.1. The van der Waals surface area contributed by atoms with Gasteiger partial charge in [-0.3, -0.25) is 14.3 Å². The SMILES string of the molecule is C=C[C@@H]1C[C@]1(NC(=O)[C@@H]1C[C@@H](Oc2ncc(OC)c3ccc(Cl)cc23)C[N+]1(C(=O)O)C(C)(C)C)C(=O)NS(=O)(=O)C1CC1. The van der Waals surface area contributed by atoms with Gasteiger partial charge in [0.2, 0.25) is 15.9 Å². The molecule has 1 saturated heterocycles. The van der Waals surface area contributed by atoms with Crippen LogP contribution in [0.2, 0.25) is 5.02 Å². The van der Waals surface area contributed by atoms with Crippen molar-refractivity contribution < 1.29 is 41.9 Å². The zero-order valence-corrected chi connectivity index (χ0v) is 26.0. The van der Waals surface area contributed by atoms with Crippen LogP contribution >= 0.6 is 11.6 Å². The standard InChI is InChI=1S/C29H35ClN4O8S/c1-6-16-13-29(16,26(36)33-43(39,40)19-8-9-19)32-24(35)22-12-18(15-34(22,27(37)38)28(2,3)4)42-25-21-11-17(30)7-10-20(21)23(41-5)14-31-25/h6-7,10-11,14,16,18-19,22H,1,8-9,12-13,15H2,2-5H3,(H2-,32,33,35,36,37,38)/p+1/t16-,18-,22+,29-,34?/m1/s1. The monoisotopic (exact) mass is 635 g/mol. The Morgan fingerprint density at radius 2 is 1.93 bits per heavy atom. The minimum Gasteiger partial charge on any atom is -0.494 e. The van der Waals surface area contributed by atoms with Gasteiger partial charge < -0.3 is 19.9 Å². The fourth-order valence-corrected chi connectivity index (χ4v) is 7.72. The van der Waals surface area contributed by atoms with Crippen molar-refractivity contribution in [2.45, 2.75) is 74.9 Å². The highest BCUT2D eigenvalue weighted by molar-refractivity contribution is 7.91. The minimum atomic E-state index is -3.87. The summed E-state index contributed by atoms with van der Waals surface area (Å²) in [5.41, 5.74) is -2.52. The van der Waals surface area contributed by atoms with Gasteiger partial charge in [0.15, 0.2) is 12.1 Å². The number of rotatable bonds is 9. The van der Waals surface area contributed by atoms with E-state index in [0.717, 1.165) is 0 Å². The lowest BCUT2D eigenvalue weighted by molar-refractivity contribution is -0.907. The molecule has 2 aliphatic carbocycles. The van der Waals surface area contributed by atoms with Gasteiger partial charge in [0.1, 0.15) is 23.4 Å². The summed E-state index contributed by atoms with van der Waals surface area (Å²) in [5, 5.41) is 14.4. The molecule has 5 atom stereocenters. The molecular weight excluding hydrogens is 600 g/mol. The van der Waals surface area contributed by atoms with E-state index in [4.69, 9.17) is 21.1 Å². The fraction of sp³-hybridized carbons (Fsp3) is 0.517. The van der Waals surface area contributed by atoms with E-state index in [-0.39, 0.29) is 25.3 Å². The van der Waals surface area contributed by atoms with Crippen LogP contribution < -0.4 is 19.5 Å². The molecule has 1 aliphatic heterocycles. The van der Waals surface area contributed by atoms with Crippen molar-refractivity contribution in [2.75, 3.05) is 13.7 Å². The van der Waals surface area contributed by atoms with Gasteiger partial charge in [-0.15, -0.1) is 6.58 Å². The topological polar surface area (TPSA) is 161 Å². The number of methoxy groups -OCH3 is 1. The normalized spacial score (nSPS) is 28.6. The molecule has 3 amide bonds. The van der Waals surface area contributed by atoms with Gasteiger partial charge >= 0.3 is 6.09 Å². The molecule has 0 bridgehead atoms. The first-order valence-corrected chi connectivity index (χ1v) is 15.9. The van der Waals surface area contributed by atoms with Crippen LogP contribution in [0, 0.1) is 5.92 Å². The number of amides is 3. The molecule has 1 aromatic heterocycles. The van der Waals surface area contributed by atoms with Crippen LogP contribution in [0.4, 0.5) is 4.79 Å². The third kappa shape index (κ3) is 5.31. The number of nitrogens with zero attached hydrogens (tertiary/aromatic N) is 2. The molecule has 3 fully saturated rings. The number of carbonyl (C=O) groups is 3. The molecule has 232 valence electrons. The van der Waals surface area contributed by atoms with E-state index in [1.807, 2.05) is 0 Å². The average molecular weight is 636 g/mol. The van der Waals surface area contributed by atoms with E-state index in [9.17, 15) is 27.9 Å². The molecule has 1 unspecified atom stereocenters. The van der Waals surface area contributed by atoms with Crippen molar-refractivity contribution in [2.24, 2.45) is 5.92 Å². The second-order valence-electron chi connectivity index (χ2n) is 12.5. The molecule has 12 nitrogen and oxygen atoms in total. The number of pyridine rings is 1. The predicted octanol–water partition coefficient (Wildman–Crippen LogP) is 3.38. The van der Waals surface area contributed by atoms with Crippen molar-refractivity contribution in [3.63, 3.8) is 0 Å². The molecule has 0 radical (unpaired) electrons. The second kappa shape index (κ2) is 10.6. The zero-order valence-electron chi connectivity index (χ0n) is 24.4. The number of benzene rings is 1. The van der Waals surface area contributed by atoms with Crippen molar-refractivity contribution in [1.29, 1.82) is 0 Å². The molecule has 14 heteroatoms. The number of fused-ring (bicyclic) bond motifs is 1. The molecule has 5 rings (SSSR count). The Hall–Kier alpha value is -3.42. The molecular formula is C29H36ClN4O8S+. The maximum Gasteiger partial charge on any atom is 0.514 e. The lowest BCUT2D eigenvalue weighted by Gasteiger charge is -2.44. The van der Waals surface area contributed by atoms with E-state index in [1.165, 1.54) is 19.4 Å². The number of carbonyl (C=O) groups excluding carboxylic acids is 2. The lowest BCUT2D eigenvalue weighted by Crippen LogP contribution is -2.70. The number of aromatic nitrogens is 1. The van der Waals surface area contributed by atoms with Crippen LogP contribution in [0.5, 0.6) is 11.6 Å². The fourth-order valence-electron chi connectivity index (χ4n) is 6.18. The van der Waals surface area contributed by atoms with Gasteiger partial charge in [0.25, 0.3) is 11.8 Å². The number of sulfonamides is 1. The maximum absolute atomic E-state index is 14.0. The van der Waals surface area contributed by atoms with Gasteiger partial charge in [-0.2, -0.15) is 4.79 Å². The van der Waals surface area contributed by atoms with Crippen LogP contribution in [0.1, 0.15) is 46.5 Å². The molecule has 3 aliphatic rings. The molecule has 0 spiro atoms. The average Bonchev–Trinajstić information content (AvgIpc) is 3.85. The van der Waals surface area contributed by atoms with Crippen LogP contribution in [-0.4, -0.2) is 83.0 Å². The van der Waals surface area contributed by atoms with Crippen LogP contribution in [0.25, 0.3) is 10.8 Å². The highest BCUT2D eigenvalue weighted by Gasteiger charge is 2.66. The van der Waals surface area contributed by atoms with Crippen LogP contribution in [-0.2, 0) is 19.6 Å². The van der Waals surface area contributed by atoms with Crippen molar-refractivity contribution in [3.8, 4) is 11.6 Å². The number of hydrogen-bond acceptors (Lipinski definition) is 8. The quantitative estimate of drug-likeness (QED) is 0.277. The summed E-state index contributed by atoms with van der Waals surface area (Å²) in [7, 11) is -2.36.